The van der Waals surface area contributed by atoms with Crippen molar-refractivity contribution in [2.45, 2.75) is 26.2 Å². The first-order valence-electron chi connectivity index (χ1n) is 6.68. The van der Waals surface area contributed by atoms with Crippen LogP contribution in [0.2, 0.25) is 0 Å². The molecule has 0 aliphatic carbocycles. The van der Waals surface area contributed by atoms with Crippen LogP contribution in [0.3, 0.4) is 0 Å². The van der Waals surface area contributed by atoms with Gasteiger partial charge in [-0.15, -0.1) is 0 Å². The van der Waals surface area contributed by atoms with Crippen molar-refractivity contribution >= 4 is 11.6 Å². The van der Waals surface area contributed by atoms with E-state index in [4.69, 9.17) is 5.73 Å². The Morgan fingerprint density at radius 2 is 1.95 bits per heavy atom. The van der Waals surface area contributed by atoms with Gasteiger partial charge in [0.15, 0.2) is 0 Å². The Morgan fingerprint density at radius 1 is 1.16 bits per heavy atom. The lowest BCUT2D eigenvalue weighted by atomic mass is 10.1. The second-order valence-corrected chi connectivity index (χ2v) is 4.46. The SMILES string of the molecule is CCc1c(N)ncnc1NCCCc1ccccc1. The maximum Gasteiger partial charge on any atom is 0.134 e. The van der Waals surface area contributed by atoms with Gasteiger partial charge in [0.2, 0.25) is 0 Å². The highest BCUT2D eigenvalue weighted by Crippen LogP contribution is 2.17. The van der Waals surface area contributed by atoms with Gasteiger partial charge in [-0.25, -0.2) is 9.97 Å². The Labute approximate surface area is 114 Å². The summed E-state index contributed by atoms with van der Waals surface area (Å²) in [4.78, 5) is 8.27. The van der Waals surface area contributed by atoms with Gasteiger partial charge in [0.25, 0.3) is 0 Å². The summed E-state index contributed by atoms with van der Waals surface area (Å²) in [7, 11) is 0. The molecule has 1 aromatic heterocycles. The number of aromatic nitrogens is 2. The van der Waals surface area contributed by atoms with E-state index in [2.05, 4.69) is 46.5 Å². The van der Waals surface area contributed by atoms with Crippen molar-refractivity contribution in [2.75, 3.05) is 17.6 Å². The van der Waals surface area contributed by atoms with Crippen molar-refractivity contribution < 1.29 is 0 Å². The first kappa shape index (κ1) is 13.3. The van der Waals surface area contributed by atoms with E-state index < -0.39 is 0 Å². The third-order valence-corrected chi connectivity index (χ3v) is 3.11. The minimum Gasteiger partial charge on any atom is -0.383 e. The summed E-state index contributed by atoms with van der Waals surface area (Å²) in [6.45, 7) is 2.95. The second-order valence-electron chi connectivity index (χ2n) is 4.46. The maximum atomic E-state index is 5.84. The van der Waals surface area contributed by atoms with E-state index in [9.17, 15) is 0 Å². The molecule has 2 aromatic rings. The van der Waals surface area contributed by atoms with Crippen molar-refractivity contribution in [3.05, 3.63) is 47.8 Å². The van der Waals surface area contributed by atoms with Gasteiger partial charge < -0.3 is 11.1 Å². The van der Waals surface area contributed by atoms with Gasteiger partial charge in [-0.1, -0.05) is 37.3 Å². The molecule has 0 saturated heterocycles. The Kier molecular flexibility index (Phi) is 4.72. The quantitative estimate of drug-likeness (QED) is 0.780. The van der Waals surface area contributed by atoms with Crippen LogP contribution in [-0.2, 0) is 12.8 Å². The molecule has 0 amide bonds. The van der Waals surface area contributed by atoms with Crippen LogP contribution in [0, 0.1) is 0 Å². The Bertz CT molecular complexity index is 511. The molecule has 0 saturated carbocycles. The number of rotatable bonds is 6. The van der Waals surface area contributed by atoms with Crippen molar-refractivity contribution in [2.24, 2.45) is 0 Å². The van der Waals surface area contributed by atoms with E-state index in [-0.39, 0.29) is 0 Å². The van der Waals surface area contributed by atoms with E-state index in [1.54, 1.807) is 0 Å². The number of hydrogen-bond donors (Lipinski definition) is 2. The van der Waals surface area contributed by atoms with E-state index in [1.165, 1.54) is 11.9 Å². The molecule has 3 N–H and O–H groups in total. The molecular weight excluding hydrogens is 236 g/mol. The van der Waals surface area contributed by atoms with Crippen molar-refractivity contribution in [3.63, 3.8) is 0 Å². The minimum atomic E-state index is 0.572. The third-order valence-electron chi connectivity index (χ3n) is 3.11. The van der Waals surface area contributed by atoms with Gasteiger partial charge in [-0.2, -0.15) is 0 Å². The highest BCUT2D eigenvalue weighted by atomic mass is 15.0. The number of nitrogens with two attached hydrogens (primary N) is 1. The summed E-state index contributed by atoms with van der Waals surface area (Å²) >= 11 is 0. The molecule has 1 heterocycles. The molecule has 19 heavy (non-hydrogen) atoms. The van der Waals surface area contributed by atoms with E-state index >= 15 is 0 Å². The maximum absolute atomic E-state index is 5.84. The monoisotopic (exact) mass is 256 g/mol. The predicted molar refractivity (Wildman–Crippen MR) is 79.1 cm³/mol. The first-order valence-corrected chi connectivity index (χ1v) is 6.68. The standard InChI is InChI=1S/C15H20N4/c1-2-13-14(16)18-11-19-15(13)17-10-6-9-12-7-4-3-5-8-12/h3-5,7-8,11H,2,6,9-10H2,1H3,(H3,16,17,18,19). The summed E-state index contributed by atoms with van der Waals surface area (Å²) in [6, 6.07) is 10.5. The summed E-state index contributed by atoms with van der Waals surface area (Å²) in [5, 5.41) is 3.34. The van der Waals surface area contributed by atoms with Crippen LogP contribution in [-0.4, -0.2) is 16.5 Å². The Balaban J connectivity index is 1.85. The van der Waals surface area contributed by atoms with Gasteiger partial charge in [0.1, 0.15) is 18.0 Å². The smallest absolute Gasteiger partial charge is 0.134 e. The average molecular weight is 256 g/mol. The number of benzene rings is 1. The average Bonchev–Trinajstić information content (AvgIpc) is 2.45. The van der Waals surface area contributed by atoms with Crippen LogP contribution < -0.4 is 11.1 Å². The Hall–Kier alpha value is -2.10. The van der Waals surface area contributed by atoms with Gasteiger partial charge in [0, 0.05) is 12.1 Å². The molecule has 0 fully saturated rings. The number of nitrogen functional groups attached to an aromatic ring is 1. The van der Waals surface area contributed by atoms with Crippen LogP contribution in [0.5, 0.6) is 0 Å². The largest absolute Gasteiger partial charge is 0.383 e. The summed E-state index contributed by atoms with van der Waals surface area (Å²) < 4.78 is 0. The fourth-order valence-electron chi connectivity index (χ4n) is 2.07. The summed E-state index contributed by atoms with van der Waals surface area (Å²) in [5.41, 5.74) is 8.20. The van der Waals surface area contributed by atoms with E-state index in [0.29, 0.717) is 5.82 Å². The highest BCUT2D eigenvalue weighted by Gasteiger charge is 2.05. The number of hydrogen-bond acceptors (Lipinski definition) is 4. The van der Waals surface area contributed by atoms with Crippen LogP contribution in [0.1, 0.15) is 24.5 Å². The molecule has 0 unspecified atom stereocenters. The molecule has 0 aliphatic heterocycles. The highest BCUT2D eigenvalue weighted by molar-refractivity contribution is 5.54. The lowest BCUT2D eigenvalue weighted by Gasteiger charge is -2.10. The zero-order valence-corrected chi connectivity index (χ0v) is 11.3. The zero-order chi connectivity index (χ0) is 13.5. The molecule has 0 radical (unpaired) electrons. The third kappa shape index (κ3) is 3.68. The number of aryl methyl sites for hydroxylation is 1. The molecule has 2 rings (SSSR count). The molecule has 4 nitrogen and oxygen atoms in total. The topological polar surface area (TPSA) is 63.8 Å². The van der Waals surface area contributed by atoms with Crippen LogP contribution in [0.15, 0.2) is 36.7 Å². The first-order chi connectivity index (χ1) is 9.31. The minimum absolute atomic E-state index is 0.572. The van der Waals surface area contributed by atoms with Crippen molar-refractivity contribution in [3.8, 4) is 0 Å². The van der Waals surface area contributed by atoms with Crippen molar-refractivity contribution in [1.82, 2.24) is 9.97 Å². The number of nitrogens with zero attached hydrogens (tertiary/aromatic N) is 2. The molecule has 0 spiro atoms. The second kappa shape index (κ2) is 6.73. The molecule has 1 aromatic carbocycles. The normalized spacial score (nSPS) is 10.4. The molecule has 100 valence electrons. The van der Waals surface area contributed by atoms with Gasteiger partial charge >= 0.3 is 0 Å². The van der Waals surface area contributed by atoms with Gasteiger partial charge in [0.05, 0.1) is 0 Å². The van der Waals surface area contributed by atoms with E-state index in [1.807, 2.05) is 6.07 Å². The molecular formula is C15H20N4. The van der Waals surface area contributed by atoms with E-state index in [0.717, 1.165) is 37.2 Å². The van der Waals surface area contributed by atoms with Crippen LogP contribution in [0.25, 0.3) is 0 Å². The Morgan fingerprint density at radius 3 is 2.68 bits per heavy atom. The molecule has 0 atom stereocenters. The number of nitrogens with one attached hydrogen (secondary N) is 1. The van der Waals surface area contributed by atoms with Crippen molar-refractivity contribution in [1.29, 1.82) is 0 Å². The number of anilines is 2. The fraction of sp³-hybridized carbons (Fsp3) is 0.333. The van der Waals surface area contributed by atoms with Gasteiger partial charge in [-0.3, -0.25) is 0 Å². The van der Waals surface area contributed by atoms with Crippen LogP contribution >= 0.6 is 0 Å². The zero-order valence-electron chi connectivity index (χ0n) is 11.3. The molecule has 0 bridgehead atoms. The lowest BCUT2D eigenvalue weighted by Crippen LogP contribution is -2.09. The summed E-state index contributed by atoms with van der Waals surface area (Å²) in [6.07, 6.45) is 4.48. The molecule has 0 aliphatic rings. The molecule has 4 heteroatoms. The lowest BCUT2D eigenvalue weighted by molar-refractivity contribution is 0.854. The van der Waals surface area contributed by atoms with Gasteiger partial charge in [-0.05, 0) is 24.8 Å². The predicted octanol–water partition coefficient (Wildman–Crippen LogP) is 2.67. The fourth-order valence-corrected chi connectivity index (χ4v) is 2.07. The van der Waals surface area contributed by atoms with Crippen LogP contribution in [0.4, 0.5) is 11.6 Å². The summed E-state index contributed by atoms with van der Waals surface area (Å²) in [5.74, 6) is 1.44.